The molecule has 1 aliphatic carbocycles. The lowest BCUT2D eigenvalue weighted by Gasteiger charge is -2.44. The van der Waals surface area contributed by atoms with E-state index in [4.69, 9.17) is 5.73 Å². The van der Waals surface area contributed by atoms with Gasteiger partial charge in [-0.15, -0.1) is 0 Å². The first-order valence-corrected chi connectivity index (χ1v) is 10.6. The summed E-state index contributed by atoms with van der Waals surface area (Å²) in [6.45, 7) is 15.3. The van der Waals surface area contributed by atoms with E-state index in [0.717, 1.165) is 36.1 Å². The van der Waals surface area contributed by atoms with Crippen LogP contribution in [0.25, 0.3) is 0 Å². The second-order valence-corrected chi connectivity index (χ2v) is 9.18. The zero-order valence-corrected chi connectivity index (χ0v) is 17.0. The summed E-state index contributed by atoms with van der Waals surface area (Å²) >= 11 is 0. The van der Waals surface area contributed by atoms with Gasteiger partial charge in [0, 0.05) is 0 Å². The fourth-order valence-electron chi connectivity index (χ4n) is 5.01. The quantitative estimate of drug-likeness (QED) is 0.478. The lowest BCUT2D eigenvalue weighted by Crippen LogP contribution is -2.40. The molecule has 0 bridgehead atoms. The van der Waals surface area contributed by atoms with Crippen LogP contribution in [0.4, 0.5) is 0 Å². The molecule has 1 aliphatic rings. The maximum absolute atomic E-state index is 6.26. The summed E-state index contributed by atoms with van der Waals surface area (Å²) in [6.07, 6.45) is 12.6. The zero-order chi connectivity index (χ0) is 17.5. The van der Waals surface area contributed by atoms with Gasteiger partial charge in [0.05, 0.1) is 0 Å². The highest BCUT2D eigenvalue weighted by Crippen LogP contribution is 2.45. The highest BCUT2D eigenvalue weighted by Gasteiger charge is 2.37. The summed E-state index contributed by atoms with van der Waals surface area (Å²) in [6, 6.07) is 0. The van der Waals surface area contributed by atoms with E-state index >= 15 is 0 Å². The van der Waals surface area contributed by atoms with E-state index in [-0.39, 0.29) is 0 Å². The molecule has 3 atom stereocenters. The van der Waals surface area contributed by atoms with Crippen molar-refractivity contribution in [3.05, 3.63) is 0 Å². The molecule has 138 valence electrons. The molecule has 2 N–H and O–H groups in total. The average molecular weight is 324 g/mol. The van der Waals surface area contributed by atoms with Crippen LogP contribution in [0, 0.1) is 35.0 Å². The van der Waals surface area contributed by atoms with Crippen molar-refractivity contribution in [1.29, 1.82) is 0 Å². The van der Waals surface area contributed by atoms with Gasteiger partial charge in [-0.2, -0.15) is 0 Å². The van der Waals surface area contributed by atoms with Gasteiger partial charge in [-0.05, 0) is 67.2 Å². The summed E-state index contributed by atoms with van der Waals surface area (Å²) in [5.74, 6) is 4.46. The molecule has 0 spiro atoms. The molecular weight excluding hydrogens is 278 g/mol. The SMILES string of the molecule is CCC(CCCC(C1CCC(C)CC1)C(C)(CC)CN)C(C)C. The van der Waals surface area contributed by atoms with Gasteiger partial charge in [0.15, 0.2) is 0 Å². The van der Waals surface area contributed by atoms with Crippen molar-refractivity contribution in [3.63, 3.8) is 0 Å². The van der Waals surface area contributed by atoms with Crippen molar-refractivity contribution >= 4 is 0 Å². The Morgan fingerprint density at radius 3 is 2.09 bits per heavy atom. The molecule has 1 nitrogen and oxygen atoms in total. The number of rotatable bonds is 10. The van der Waals surface area contributed by atoms with Gasteiger partial charge in [0.25, 0.3) is 0 Å². The number of hydrogen-bond acceptors (Lipinski definition) is 1. The van der Waals surface area contributed by atoms with Crippen LogP contribution >= 0.6 is 0 Å². The highest BCUT2D eigenvalue weighted by atomic mass is 14.6. The van der Waals surface area contributed by atoms with Crippen LogP contribution in [0.3, 0.4) is 0 Å². The van der Waals surface area contributed by atoms with E-state index in [0.29, 0.717) is 5.41 Å². The van der Waals surface area contributed by atoms with E-state index in [1.165, 1.54) is 57.8 Å². The van der Waals surface area contributed by atoms with Gasteiger partial charge in [0.1, 0.15) is 0 Å². The highest BCUT2D eigenvalue weighted by molar-refractivity contribution is 4.89. The molecule has 0 aliphatic heterocycles. The van der Waals surface area contributed by atoms with Crippen molar-refractivity contribution in [2.24, 2.45) is 40.7 Å². The molecule has 1 fully saturated rings. The predicted octanol–water partition coefficient (Wildman–Crippen LogP) is 6.66. The van der Waals surface area contributed by atoms with Crippen LogP contribution in [-0.2, 0) is 0 Å². The van der Waals surface area contributed by atoms with E-state index in [2.05, 4.69) is 41.5 Å². The minimum atomic E-state index is 0.352. The van der Waals surface area contributed by atoms with Crippen LogP contribution in [0.2, 0.25) is 0 Å². The summed E-state index contributed by atoms with van der Waals surface area (Å²) < 4.78 is 0. The van der Waals surface area contributed by atoms with Crippen molar-refractivity contribution in [1.82, 2.24) is 0 Å². The maximum Gasteiger partial charge on any atom is -0.00205 e. The Morgan fingerprint density at radius 1 is 1.04 bits per heavy atom. The van der Waals surface area contributed by atoms with Crippen LogP contribution < -0.4 is 5.73 Å². The van der Waals surface area contributed by atoms with Gasteiger partial charge in [-0.3, -0.25) is 0 Å². The van der Waals surface area contributed by atoms with Crippen molar-refractivity contribution in [2.75, 3.05) is 6.54 Å². The first kappa shape index (κ1) is 21.0. The summed E-state index contributed by atoms with van der Waals surface area (Å²) in [4.78, 5) is 0. The Balaban J connectivity index is 2.68. The minimum absolute atomic E-state index is 0.352. The molecule has 0 amide bonds. The third kappa shape index (κ3) is 6.07. The topological polar surface area (TPSA) is 26.0 Å². The Hall–Kier alpha value is -0.0400. The molecule has 0 heterocycles. The predicted molar refractivity (Wildman–Crippen MR) is 105 cm³/mol. The van der Waals surface area contributed by atoms with E-state index in [9.17, 15) is 0 Å². The summed E-state index contributed by atoms with van der Waals surface area (Å²) in [5.41, 5.74) is 6.61. The first-order valence-electron chi connectivity index (χ1n) is 10.6. The number of nitrogens with two attached hydrogens (primary N) is 1. The standard InChI is InChI=1S/C22H45N/c1-7-19(17(3)4)10-9-11-21(22(6,8-2)16-23)20-14-12-18(5)13-15-20/h17-21H,7-16,23H2,1-6H3. The number of hydrogen-bond donors (Lipinski definition) is 1. The molecule has 0 aromatic carbocycles. The monoisotopic (exact) mass is 323 g/mol. The lowest BCUT2D eigenvalue weighted by atomic mass is 9.62. The van der Waals surface area contributed by atoms with Crippen molar-refractivity contribution in [2.45, 2.75) is 99.3 Å². The molecule has 1 saturated carbocycles. The second-order valence-electron chi connectivity index (χ2n) is 9.18. The van der Waals surface area contributed by atoms with Crippen LogP contribution in [0.15, 0.2) is 0 Å². The Bertz CT molecular complexity index is 297. The summed E-state index contributed by atoms with van der Waals surface area (Å²) in [7, 11) is 0. The molecule has 0 aromatic rings. The molecule has 0 aromatic heterocycles. The molecule has 0 saturated heterocycles. The molecule has 1 heteroatoms. The van der Waals surface area contributed by atoms with Crippen LogP contribution in [0.1, 0.15) is 99.3 Å². The molecular formula is C22H45N. The minimum Gasteiger partial charge on any atom is -0.330 e. The van der Waals surface area contributed by atoms with E-state index in [1.54, 1.807) is 0 Å². The third-order valence-electron chi connectivity index (χ3n) is 7.36. The fraction of sp³-hybridized carbons (Fsp3) is 1.00. The van der Waals surface area contributed by atoms with Crippen LogP contribution in [0.5, 0.6) is 0 Å². The van der Waals surface area contributed by atoms with Gasteiger partial charge >= 0.3 is 0 Å². The van der Waals surface area contributed by atoms with Gasteiger partial charge in [-0.1, -0.05) is 73.6 Å². The smallest absolute Gasteiger partial charge is 0.00205 e. The zero-order valence-electron chi connectivity index (χ0n) is 17.0. The maximum atomic E-state index is 6.26. The van der Waals surface area contributed by atoms with E-state index in [1.807, 2.05) is 0 Å². The molecule has 3 unspecified atom stereocenters. The largest absolute Gasteiger partial charge is 0.330 e. The molecule has 23 heavy (non-hydrogen) atoms. The van der Waals surface area contributed by atoms with Crippen LogP contribution in [-0.4, -0.2) is 6.54 Å². The normalized spacial score (nSPS) is 27.7. The first-order chi connectivity index (χ1) is 10.9. The molecule has 0 radical (unpaired) electrons. The third-order valence-corrected chi connectivity index (χ3v) is 7.36. The van der Waals surface area contributed by atoms with Gasteiger partial charge < -0.3 is 5.73 Å². The molecule has 1 rings (SSSR count). The van der Waals surface area contributed by atoms with Crippen molar-refractivity contribution < 1.29 is 0 Å². The summed E-state index contributed by atoms with van der Waals surface area (Å²) in [5, 5.41) is 0. The van der Waals surface area contributed by atoms with Crippen molar-refractivity contribution in [3.8, 4) is 0 Å². The average Bonchev–Trinajstić information content (AvgIpc) is 2.55. The fourth-order valence-corrected chi connectivity index (χ4v) is 5.01. The second kappa shape index (κ2) is 10.1. The van der Waals surface area contributed by atoms with Gasteiger partial charge in [0.2, 0.25) is 0 Å². The Morgan fingerprint density at radius 2 is 1.65 bits per heavy atom. The Kier molecular flexibility index (Phi) is 9.19. The lowest BCUT2D eigenvalue weighted by molar-refractivity contribution is 0.0731. The van der Waals surface area contributed by atoms with E-state index < -0.39 is 0 Å². The Labute approximate surface area is 147 Å². The van der Waals surface area contributed by atoms with Gasteiger partial charge in [-0.25, -0.2) is 0 Å².